The van der Waals surface area contributed by atoms with Crippen molar-refractivity contribution in [2.45, 2.75) is 77.7 Å². The molecule has 0 radical (unpaired) electrons. The molecule has 0 aliphatic carbocycles. The van der Waals surface area contributed by atoms with Gasteiger partial charge in [-0.3, -0.25) is 0 Å². The van der Waals surface area contributed by atoms with Crippen LogP contribution in [0.15, 0.2) is 12.2 Å². The lowest BCUT2D eigenvalue weighted by molar-refractivity contribution is -0.258. The monoisotopic (exact) mass is 254 g/mol. The lowest BCUT2D eigenvalue weighted by Crippen LogP contribution is -2.42. The quantitative estimate of drug-likeness (QED) is 0.571. The number of ether oxygens (including phenoxy) is 3. The minimum Gasteiger partial charge on any atom is -0.366 e. The Kier molecular flexibility index (Phi) is 3.60. The van der Waals surface area contributed by atoms with Crippen LogP contribution < -0.4 is 0 Å². The summed E-state index contributed by atoms with van der Waals surface area (Å²) in [5, 5.41) is 0. The summed E-state index contributed by atoms with van der Waals surface area (Å²) in [5.74, 6) is 0.304. The average molecular weight is 254 g/mol. The number of hydrogen-bond acceptors (Lipinski definition) is 3. The van der Waals surface area contributed by atoms with Crippen molar-refractivity contribution in [3.05, 3.63) is 12.2 Å². The first-order valence-corrected chi connectivity index (χ1v) is 6.83. The Bertz CT molecular complexity index is 306. The molecule has 3 atom stereocenters. The van der Waals surface area contributed by atoms with E-state index in [9.17, 15) is 0 Å². The topological polar surface area (TPSA) is 27.7 Å². The normalized spacial score (nSPS) is 31.6. The lowest BCUT2D eigenvalue weighted by atomic mass is 9.93. The average Bonchev–Trinajstić information content (AvgIpc) is 2.72. The van der Waals surface area contributed by atoms with Crippen molar-refractivity contribution in [2.75, 3.05) is 0 Å². The maximum Gasteiger partial charge on any atom is 0.164 e. The van der Waals surface area contributed by atoms with Crippen LogP contribution in [0.5, 0.6) is 0 Å². The zero-order valence-corrected chi connectivity index (χ0v) is 12.4. The van der Waals surface area contributed by atoms with Crippen LogP contribution in [0.3, 0.4) is 0 Å². The van der Waals surface area contributed by atoms with Gasteiger partial charge >= 0.3 is 0 Å². The molecule has 2 bridgehead atoms. The van der Waals surface area contributed by atoms with E-state index in [1.165, 1.54) is 0 Å². The molecule has 2 aliphatic heterocycles. The molecule has 104 valence electrons. The highest BCUT2D eigenvalue weighted by molar-refractivity contribution is 5.11. The van der Waals surface area contributed by atoms with Crippen molar-refractivity contribution >= 4 is 0 Å². The van der Waals surface area contributed by atoms with E-state index in [1.807, 2.05) is 0 Å². The molecule has 0 saturated carbocycles. The standard InChI is InChI=1S/C15H26O3/c1-14(2,3)17-13(18-15(4,5)6)11-9-10-7-8-12(11)16-10/h7-8,10-13H,9H2,1-6H3. The Balaban J connectivity index is 2.07. The van der Waals surface area contributed by atoms with Crippen molar-refractivity contribution in [1.82, 2.24) is 0 Å². The summed E-state index contributed by atoms with van der Waals surface area (Å²) in [4.78, 5) is 0. The molecule has 18 heavy (non-hydrogen) atoms. The van der Waals surface area contributed by atoms with Crippen LogP contribution in [-0.4, -0.2) is 29.7 Å². The van der Waals surface area contributed by atoms with Gasteiger partial charge in [0.1, 0.15) is 0 Å². The molecule has 2 aliphatic rings. The van der Waals surface area contributed by atoms with Crippen molar-refractivity contribution in [2.24, 2.45) is 5.92 Å². The molecule has 3 nitrogen and oxygen atoms in total. The van der Waals surface area contributed by atoms with Gasteiger partial charge in [-0.25, -0.2) is 0 Å². The van der Waals surface area contributed by atoms with E-state index in [0.29, 0.717) is 5.92 Å². The predicted molar refractivity (Wildman–Crippen MR) is 71.4 cm³/mol. The van der Waals surface area contributed by atoms with Gasteiger partial charge in [0.2, 0.25) is 0 Å². The first kappa shape index (κ1) is 14.0. The highest BCUT2D eigenvalue weighted by Crippen LogP contribution is 2.39. The smallest absolute Gasteiger partial charge is 0.164 e. The third-order valence-electron chi connectivity index (χ3n) is 3.06. The summed E-state index contributed by atoms with van der Waals surface area (Å²) < 4.78 is 18.1. The zero-order chi connectivity index (χ0) is 13.6. The molecular formula is C15H26O3. The van der Waals surface area contributed by atoms with Crippen molar-refractivity contribution < 1.29 is 14.2 Å². The van der Waals surface area contributed by atoms with Gasteiger partial charge < -0.3 is 14.2 Å². The van der Waals surface area contributed by atoms with Crippen molar-refractivity contribution in [3.63, 3.8) is 0 Å². The van der Waals surface area contributed by atoms with E-state index in [0.717, 1.165) is 6.42 Å². The zero-order valence-electron chi connectivity index (χ0n) is 12.4. The molecule has 0 aromatic heterocycles. The number of fused-ring (bicyclic) bond motifs is 2. The SMILES string of the molecule is CC(C)(C)OC(OC(C)(C)C)C1CC2C=CC1O2. The summed E-state index contributed by atoms with van der Waals surface area (Å²) in [6, 6.07) is 0. The van der Waals surface area contributed by atoms with Crippen molar-refractivity contribution in [3.8, 4) is 0 Å². The van der Waals surface area contributed by atoms with Crippen LogP contribution in [-0.2, 0) is 14.2 Å². The summed E-state index contributed by atoms with van der Waals surface area (Å²) in [5.41, 5.74) is -0.414. The Morgan fingerprint density at radius 2 is 1.56 bits per heavy atom. The summed E-state index contributed by atoms with van der Waals surface area (Å²) in [6.45, 7) is 12.4. The summed E-state index contributed by atoms with van der Waals surface area (Å²) in [7, 11) is 0. The Hall–Kier alpha value is -0.380. The van der Waals surface area contributed by atoms with E-state index in [1.54, 1.807) is 0 Å². The first-order chi connectivity index (χ1) is 8.14. The fraction of sp³-hybridized carbons (Fsp3) is 0.867. The van der Waals surface area contributed by atoms with Gasteiger partial charge in [-0.15, -0.1) is 0 Å². The second kappa shape index (κ2) is 4.62. The van der Waals surface area contributed by atoms with Gasteiger partial charge in [0.05, 0.1) is 23.4 Å². The minimum atomic E-state index is -0.207. The van der Waals surface area contributed by atoms with Crippen LogP contribution in [0.2, 0.25) is 0 Å². The summed E-state index contributed by atoms with van der Waals surface area (Å²) in [6.07, 6.45) is 5.50. The molecule has 0 spiro atoms. The fourth-order valence-electron chi connectivity index (χ4n) is 2.47. The molecule has 3 heteroatoms. The van der Waals surface area contributed by atoms with E-state index in [4.69, 9.17) is 14.2 Å². The van der Waals surface area contributed by atoms with Gasteiger partial charge in [-0.1, -0.05) is 12.2 Å². The molecule has 0 N–H and O–H groups in total. The van der Waals surface area contributed by atoms with Crippen LogP contribution in [0, 0.1) is 5.92 Å². The highest BCUT2D eigenvalue weighted by Gasteiger charge is 2.44. The van der Waals surface area contributed by atoms with Gasteiger partial charge in [0, 0.05) is 5.92 Å². The molecule has 0 aromatic carbocycles. The van der Waals surface area contributed by atoms with E-state index in [2.05, 4.69) is 53.7 Å². The third kappa shape index (κ3) is 3.56. The molecule has 0 aromatic rings. The molecular weight excluding hydrogens is 228 g/mol. The second-order valence-corrected chi connectivity index (χ2v) is 7.25. The van der Waals surface area contributed by atoms with Gasteiger partial charge in [-0.05, 0) is 48.0 Å². The van der Waals surface area contributed by atoms with Gasteiger partial charge in [0.15, 0.2) is 6.29 Å². The van der Waals surface area contributed by atoms with Crippen LogP contribution in [0.25, 0.3) is 0 Å². The molecule has 2 rings (SSSR count). The van der Waals surface area contributed by atoms with Crippen LogP contribution in [0.4, 0.5) is 0 Å². The molecule has 1 fully saturated rings. The summed E-state index contributed by atoms with van der Waals surface area (Å²) >= 11 is 0. The lowest BCUT2D eigenvalue weighted by Gasteiger charge is -2.37. The Labute approximate surface area is 110 Å². The highest BCUT2D eigenvalue weighted by atomic mass is 16.7. The van der Waals surface area contributed by atoms with E-state index in [-0.39, 0.29) is 29.7 Å². The van der Waals surface area contributed by atoms with Gasteiger partial charge in [0.25, 0.3) is 0 Å². The maximum absolute atomic E-state index is 6.11. The van der Waals surface area contributed by atoms with E-state index >= 15 is 0 Å². The largest absolute Gasteiger partial charge is 0.366 e. The second-order valence-electron chi connectivity index (χ2n) is 7.25. The third-order valence-corrected chi connectivity index (χ3v) is 3.06. The minimum absolute atomic E-state index is 0.157. The van der Waals surface area contributed by atoms with Crippen molar-refractivity contribution in [1.29, 1.82) is 0 Å². The molecule has 2 heterocycles. The van der Waals surface area contributed by atoms with Crippen LogP contribution in [0.1, 0.15) is 48.0 Å². The molecule has 0 amide bonds. The maximum atomic E-state index is 6.11. The van der Waals surface area contributed by atoms with Gasteiger partial charge in [-0.2, -0.15) is 0 Å². The number of rotatable bonds is 3. The molecule has 3 unspecified atom stereocenters. The van der Waals surface area contributed by atoms with E-state index < -0.39 is 0 Å². The Morgan fingerprint density at radius 1 is 1.00 bits per heavy atom. The first-order valence-electron chi connectivity index (χ1n) is 6.83. The fourth-order valence-corrected chi connectivity index (χ4v) is 2.47. The Morgan fingerprint density at radius 3 is 1.89 bits per heavy atom. The molecule has 1 saturated heterocycles. The number of hydrogen-bond donors (Lipinski definition) is 0. The predicted octanol–water partition coefficient (Wildman–Crippen LogP) is 3.29. The van der Waals surface area contributed by atoms with Crippen LogP contribution >= 0.6 is 0 Å².